The van der Waals surface area contributed by atoms with E-state index in [1.807, 2.05) is 0 Å². The largest absolute Gasteiger partial charge is 0.496 e. The van der Waals surface area contributed by atoms with Gasteiger partial charge < -0.3 is 4.74 Å². The van der Waals surface area contributed by atoms with Crippen LogP contribution in [0.1, 0.15) is 58.2 Å². The standard InChI is InChI=1S/C16H25BrO/c1-15(2,3)13-11(10-17)8-9-12(18-7)14(13)16(4,5)6/h8-9H,10H2,1-7H3. The minimum absolute atomic E-state index is 0.0755. The fourth-order valence-electron chi connectivity index (χ4n) is 2.51. The SMILES string of the molecule is COc1ccc(CBr)c(C(C)(C)C)c1C(C)(C)C. The highest BCUT2D eigenvalue weighted by Crippen LogP contribution is 2.42. The van der Waals surface area contributed by atoms with Crippen molar-refractivity contribution >= 4 is 15.9 Å². The Kier molecular flexibility index (Phi) is 4.53. The van der Waals surface area contributed by atoms with Crippen molar-refractivity contribution in [2.75, 3.05) is 7.11 Å². The summed E-state index contributed by atoms with van der Waals surface area (Å²) in [5.41, 5.74) is 4.28. The molecular weight excluding hydrogens is 288 g/mol. The summed E-state index contributed by atoms with van der Waals surface area (Å²) in [6, 6.07) is 4.26. The Labute approximate surface area is 120 Å². The van der Waals surface area contributed by atoms with E-state index >= 15 is 0 Å². The van der Waals surface area contributed by atoms with E-state index in [4.69, 9.17) is 4.74 Å². The molecule has 0 aliphatic rings. The third-order valence-electron chi connectivity index (χ3n) is 3.12. The van der Waals surface area contributed by atoms with Gasteiger partial charge in [0, 0.05) is 10.9 Å². The lowest BCUT2D eigenvalue weighted by atomic mass is 9.73. The summed E-state index contributed by atoms with van der Waals surface area (Å²) in [5, 5.41) is 0.882. The molecular formula is C16H25BrO. The van der Waals surface area contributed by atoms with Gasteiger partial charge in [0.15, 0.2) is 0 Å². The quantitative estimate of drug-likeness (QED) is 0.683. The molecule has 0 spiro atoms. The van der Waals surface area contributed by atoms with Crippen molar-refractivity contribution in [2.45, 2.75) is 57.7 Å². The zero-order valence-electron chi connectivity index (χ0n) is 12.6. The average Bonchev–Trinajstić information content (AvgIpc) is 2.24. The Bertz CT molecular complexity index is 381. The normalized spacial score (nSPS) is 12.7. The fraction of sp³-hybridized carbons (Fsp3) is 0.625. The first-order valence-electron chi connectivity index (χ1n) is 6.39. The molecule has 2 heteroatoms. The number of methoxy groups -OCH3 is 1. The first-order valence-corrected chi connectivity index (χ1v) is 7.52. The van der Waals surface area contributed by atoms with Crippen LogP contribution in [0, 0.1) is 0 Å². The highest BCUT2D eigenvalue weighted by atomic mass is 79.9. The van der Waals surface area contributed by atoms with Gasteiger partial charge in [-0.25, -0.2) is 0 Å². The second kappa shape index (κ2) is 5.24. The molecule has 0 fully saturated rings. The minimum atomic E-state index is 0.0755. The number of alkyl halides is 1. The van der Waals surface area contributed by atoms with Crippen LogP contribution in [-0.2, 0) is 16.2 Å². The van der Waals surface area contributed by atoms with Gasteiger partial charge in [-0.05, 0) is 28.0 Å². The Morgan fingerprint density at radius 1 is 0.944 bits per heavy atom. The predicted octanol–water partition coefficient (Wildman–Crippen LogP) is 5.19. The molecule has 0 unspecified atom stereocenters. The van der Waals surface area contributed by atoms with E-state index in [9.17, 15) is 0 Å². The van der Waals surface area contributed by atoms with Gasteiger partial charge in [-0.2, -0.15) is 0 Å². The maximum atomic E-state index is 5.59. The van der Waals surface area contributed by atoms with Crippen molar-refractivity contribution < 1.29 is 4.74 Å². The Morgan fingerprint density at radius 2 is 1.44 bits per heavy atom. The summed E-state index contributed by atoms with van der Waals surface area (Å²) in [7, 11) is 1.75. The minimum Gasteiger partial charge on any atom is -0.496 e. The molecule has 0 aromatic heterocycles. The summed E-state index contributed by atoms with van der Waals surface area (Å²) in [6.45, 7) is 13.5. The van der Waals surface area contributed by atoms with Crippen LogP contribution in [0.25, 0.3) is 0 Å². The molecule has 0 bridgehead atoms. The molecule has 0 atom stereocenters. The lowest BCUT2D eigenvalue weighted by Gasteiger charge is -2.33. The van der Waals surface area contributed by atoms with Crippen LogP contribution in [0.15, 0.2) is 12.1 Å². The average molecular weight is 313 g/mol. The van der Waals surface area contributed by atoms with Gasteiger partial charge in [0.2, 0.25) is 0 Å². The molecule has 0 saturated carbocycles. The van der Waals surface area contributed by atoms with E-state index in [0.717, 1.165) is 11.1 Å². The molecule has 0 aliphatic carbocycles. The second-order valence-electron chi connectivity index (χ2n) is 6.81. The van der Waals surface area contributed by atoms with E-state index < -0.39 is 0 Å². The molecule has 18 heavy (non-hydrogen) atoms. The highest BCUT2D eigenvalue weighted by Gasteiger charge is 2.30. The summed E-state index contributed by atoms with van der Waals surface area (Å²) in [5.74, 6) is 0.997. The first-order chi connectivity index (χ1) is 8.12. The number of benzene rings is 1. The molecule has 0 N–H and O–H groups in total. The molecule has 1 aromatic carbocycles. The van der Waals surface area contributed by atoms with Crippen molar-refractivity contribution in [1.82, 2.24) is 0 Å². The number of ether oxygens (including phenoxy) is 1. The first kappa shape index (κ1) is 15.6. The number of hydrogen-bond donors (Lipinski definition) is 0. The van der Waals surface area contributed by atoms with Gasteiger partial charge in [-0.3, -0.25) is 0 Å². The van der Waals surface area contributed by atoms with Gasteiger partial charge in [-0.15, -0.1) is 0 Å². The molecule has 1 rings (SSSR count). The van der Waals surface area contributed by atoms with Crippen molar-refractivity contribution in [2.24, 2.45) is 0 Å². The van der Waals surface area contributed by atoms with Crippen molar-refractivity contribution in [3.8, 4) is 5.75 Å². The highest BCUT2D eigenvalue weighted by molar-refractivity contribution is 9.08. The molecule has 102 valence electrons. The van der Waals surface area contributed by atoms with Crippen molar-refractivity contribution in [3.05, 3.63) is 28.8 Å². The third kappa shape index (κ3) is 3.09. The van der Waals surface area contributed by atoms with Crippen molar-refractivity contribution in [3.63, 3.8) is 0 Å². The van der Waals surface area contributed by atoms with Crippen molar-refractivity contribution in [1.29, 1.82) is 0 Å². The van der Waals surface area contributed by atoms with Gasteiger partial charge >= 0.3 is 0 Å². The second-order valence-corrected chi connectivity index (χ2v) is 7.37. The monoisotopic (exact) mass is 312 g/mol. The summed E-state index contributed by atoms with van der Waals surface area (Å²) in [6.07, 6.45) is 0. The van der Waals surface area contributed by atoms with Crippen LogP contribution >= 0.6 is 15.9 Å². The predicted molar refractivity (Wildman–Crippen MR) is 83.0 cm³/mol. The lowest BCUT2D eigenvalue weighted by Crippen LogP contribution is -2.24. The van der Waals surface area contributed by atoms with E-state index in [2.05, 4.69) is 69.6 Å². The fourth-order valence-corrected chi connectivity index (χ4v) is 2.98. The number of rotatable bonds is 2. The van der Waals surface area contributed by atoms with Gasteiger partial charge in [0.1, 0.15) is 5.75 Å². The Morgan fingerprint density at radius 3 is 1.78 bits per heavy atom. The molecule has 0 radical (unpaired) electrons. The van der Waals surface area contributed by atoms with E-state index in [-0.39, 0.29) is 10.8 Å². The summed E-state index contributed by atoms with van der Waals surface area (Å²) < 4.78 is 5.59. The molecule has 0 aliphatic heterocycles. The molecule has 1 aromatic rings. The number of halogens is 1. The zero-order valence-corrected chi connectivity index (χ0v) is 14.2. The maximum absolute atomic E-state index is 5.59. The molecule has 0 heterocycles. The van der Waals surface area contributed by atoms with Crippen LogP contribution in [0.3, 0.4) is 0 Å². The smallest absolute Gasteiger partial charge is 0.122 e. The maximum Gasteiger partial charge on any atom is 0.122 e. The van der Waals surface area contributed by atoms with Crippen LogP contribution < -0.4 is 4.74 Å². The van der Waals surface area contributed by atoms with E-state index in [1.165, 1.54) is 16.7 Å². The van der Waals surface area contributed by atoms with Crippen LogP contribution in [0.2, 0.25) is 0 Å². The van der Waals surface area contributed by atoms with Gasteiger partial charge in [-0.1, -0.05) is 63.5 Å². The van der Waals surface area contributed by atoms with E-state index in [1.54, 1.807) is 7.11 Å². The van der Waals surface area contributed by atoms with Crippen LogP contribution in [0.4, 0.5) is 0 Å². The summed E-state index contributed by atoms with van der Waals surface area (Å²) in [4.78, 5) is 0. The van der Waals surface area contributed by atoms with E-state index in [0.29, 0.717) is 0 Å². The zero-order chi connectivity index (χ0) is 14.1. The number of hydrogen-bond acceptors (Lipinski definition) is 1. The Hall–Kier alpha value is -0.500. The lowest BCUT2D eigenvalue weighted by molar-refractivity contribution is 0.391. The third-order valence-corrected chi connectivity index (χ3v) is 3.72. The molecule has 0 amide bonds. The summed E-state index contributed by atoms with van der Waals surface area (Å²) >= 11 is 3.61. The van der Waals surface area contributed by atoms with Gasteiger partial charge in [0.25, 0.3) is 0 Å². The van der Waals surface area contributed by atoms with Gasteiger partial charge in [0.05, 0.1) is 7.11 Å². The Balaban J connectivity index is 3.71. The molecule has 0 saturated heterocycles. The van der Waals surface area contributed by atoms with Crippen LogP contribution in [-0.4, -0.2) is 7.11 Å². The molecule has 1 nitrogen and oxygen atoms in total. The van der Waals surface area contributed by atoms with Crippen LogP contribution in [0.5, 0.6) is 5.75 Å². The topological polar surface area (TPSA) is 9.23 Å².